The quantitative estimate of drug-likeness (QED) is 0.274. The van der Waals surface area contributed by atoms with Gasteiger partial charge in [0.2, 0.25) is 11.8 Å². The molecule has 0 radical (unpaired) electrons. The molecule has 3 aromatic carbocycles. The van der Waals surface area contributed by atoms with Gasteiger partial charge in [-0.15, -0.1) is 0 Å². The predicted octanol–water partition coefficient (Wildman–Crippen LogP) is 5.66. The number of sulfonamides is 1. The molecule has 0 bridgehead atoms. The van der Waals surface area contributed by atoms with Gasteiger partial charge in [0.15, 0.2) is 0 Å². The van der Waals surface area contributed by atoms with Gasteiger partial charge in [0.25, 0.3) is 10.0 Å². The van der Waals surface area contributed by atoms with Crippen molar-refractivity contribution < 1.29 is 22.4 Å². The third-order valence-corrected chi connectivity index (χ3v) is 8.61. The van der Waals surface area contributed by atoms with Gasteiger partial charge >= 0.3 is 0 Å². The number of hydrogen-bond donors (Lipinski definition) is 1. The van der Waals surface area contributed by atoms with Crippen molar-refractivity contribution in [2.45, 2.75) is 44.2 Å². The fraction of sp³-hybridized carbons (Fsp3) is 0.286. The van der Waals surface area contributed by atoms with Gasteiger partial charge in [-0.25, -0.2) is 12.8 Å². The van der Waals surface area contributed by atoms with Crippen LogP contribution >= 0.6 is 23.2 Å². The van der Waals surface area contributed by atoms with Crippen LogP contribution in [0.1, 0.15) is 32.3 Å². The van der Waals surface area contributed by atoms with Gasteiger partial charge < -0.3 is 10.2 Å². The molecular formula is C28H30Cl2FN3O4S. The summed E-state index contributed by atoms with van der Waals surface area (Å²) in [5, 5.41) is 3.42. The molecular weight excluding hydrogens is 564 g/mol. The maximum atomic E-state index is 13.9. The van der Waals surface area contributed by atoms with E-state index in [1.165, 1.54) is 4.90 Å². The lowest BCUT2D eigenvalue weighted by atomic mass is 10.1. The molecule has 0 aliphatic carbocycles. The number of halogens is 3. The second-order valence-corrected chi connectivity index (χ2v) is 11.5. The number of nitrogens with one attached hydrogen (secondary N) is 1. The van der Waals surface area contributed by atoms with E-state index in [-0.39, 0.29) is 17.1 Å². The summed E-state index contributed by atoms with van der Waals surface area (Å²) < 4.78 is 41.8. The number of anilines is 1. The van der Waals surface area contributed by atoms with Crippen molar-refractivity contribution in [1.29, 1.82) is 0 Å². The fourth-order valence-corrected chi connectivity index (χ4v) is 5.76. The number of amides is 2. The van der Waals surface area contributed by atoms with Crippen molar-refractivity contribution in [3.8, 4) is 0 Å². The van der Waals surface area contributed by atoms with E-state index in [0.717, 1.165) is 41.4 Å². The first-order valence-corrected chi connectivity index (χ1v) is 14.6. The minimum atomic E-state index is -4.29. The average Bonchev–Trinajstić information content (AvgIpc) is 2.92. The van der Waals surface area contributed by atoms with Crippen LogP contribution in [0.2, 0.25) is 10.0 Å². The zero-order valence-electron chi connectivity index (χ0n) is 21.6. The fourth-order valence-electron chi connectivity index (χ4n) is 3.83. The molecule has 1 unspecified atom stereocenters. The molecule has 0 aliphatic rings. The summed E-state index contributed by atoms with van der Waals surface area (Å²) in [5.41, 5.74) is 0.654. The molecule has 1 atom stereocenters. The topological polar surface area (TPSA) is 86.8 Å². The van der Waals surface area contributed by atoms with Gasteiger partial charge in [-0.2, -0.15) is 0 Å². The number of nitrogens with zero attached hydrogens (tertiary/aromatic N) is 2. The van der Waals surface area contributed by atoms with Gasteiger partial charge in [-0.1, -0.05) is 60.8 Å². The van der Waals surface area contributed by atoms with Crippen LogP contribution in [0.4, 0.5) is 10.1 Å². The molecule has 0 heterocycles. The van der Waals surface area contributed by atoms with E-state index < -0.39 is 40.2 Å². The predicted molar refractivity (Wildman–Crippen MR) is 152 cm³/mol. The summed E-state index contributed by atoms with van der Waals surface area (Å²) in [6.07, 6.45) is 1.64. The van der Waals surface area contributed by atoms with E-state index in [0.29, 0.717) is 22.2 Å². The SMILES string of the molecule is CCCCNC(=O)C(C)N(Cc1c(Cl)cccc1Cl)C(=O)CN(c1ccccc1)S(=O)(=O)c1ccc(F)cc1. The Labute approximate surface area is 238 Å². The standard InChI is InChI=1S/C28H30Cl2FN3O4S/c1-3-4-17-32-28(36)20(2)33(18-24-25(29)11-8-12-26(24)30)27(35)19-34(22-9-6-5-7-10-22)39(37,38)23-15-13-21(31)14-16-23/h5-16,20H,3-4,17-19H2,1-2H3,(H,32,36). The van der Waals surface area contributed by atoms with Crippen LogP contribution in [-0.4, -0.2) is 44.3 Å². The minimum absolute atomic E-state index is 0.126. The summed E-state index contributed by atoms with van der Waals surface area (Å²) >= 11 is 12.7. The second kappa shape index (κ2) is 13.8. The van der Waals surface area contributed by atoms with E-state index in [2.05, 4.69) is 5.32 Å². The highest BCUT2D eigenvalue weighted by Crippen LogP contribution is 2.28. The number of carbonyl (C=O) groups excluding carboxylic acids is 2. The van der Waals surface area contributed by atoms with Crippen molar-refractivity contribution in [3.05, 3.63) is 94.2 Å². The minimum Gasteiger partial charge on any atom is -0.354 e. The number of hydrogen-bond acceptors (Lipinski definition) is 4. The molecule has 208 valence electrons. The lowest BCUT2D eigenvalue weighted by Gasteiger charge is -2.32. The summed E-state index contributed by atoms with van der Waals surface area (Å²) in [7, 11) is -4.29. The lowest BCUT2D eigenvalue weighted by molar-refractivity contribution is -0.139. The van der Waals surface area contributed by atoms with E-state index in [4.69, 9.17) is 23.2 Å². The first kappa shape index (κ1) is 30.4. The van der Waals surface area contributed by atoms with Crippen molar-refractivity contribution in [2.75, 3.05) is 17.4 Å². The molecule has 3 aromatic rings. The van der Waals surface area contributed by atoms with E-state index in [9.17, 15) is 22.4 Å². The van der Waals surface area contributed by atoms with Crippen LogP contribution in [0.3, 0.4) is 0 Å². The number of carbonyl (C=O) groups is 2. The first-order valence-electron chi connectivity index (χ1n) is 12.4. The van der Waals surface area contributed by atoms with Crippen LogP contribution in [0, 0.1) is 5.82 Å². The highest BCUT2D eigenvalue weighted by molar-refractivity contribution is 7.92. The van der Waals surface area contributed by atoms with E-state index in [1.807, 2.05) is 6.92 Å². The molecule has 3 rings (SSSR count). The Bertz CT molecular complexity index is 1370. The van der Waals surface area contributed by atoms with Crippen molar-refractivity contribution in [2.24, 2.45) is 0 Å². The summed E-state index contributed by atoms with van der Waals surface area (Å²) in [5.74, 6) is -1.65. The largest absolute Gasteiger partial charge is 0.354 e. The summed E-state index contributed by atoms with van der Waals surface area (Å²) in [4.78, 5) is 27.9. The van der Waals surface area contributed by atoms with Gasteiger partial charge in [-0.3, -0.25) is 13.9 Å². The molecule has 0 spiro atoms. The molecule has 0 saturated carbocycles. The molecule has 39 heavy (non-hydrogen) atoms. The third-order valence-electron chi connectivity index (χ3n) is 6.11. The molecule has 0 saturated heterocycles. The smallest absolute Gasteiger partial charge is 0.264 e. The third kappa shape index (κ3) is 7.71. The Morgan fingerprint density at radius 2 is 1.56 bits per heavy atom. The van der Waals surface area contributed by atoms with E-state index >= 15 is 0 Å². The maximum absolute atomic E-state index is 13.9. The highest BCUT2D eigenvalue weighted by Gasteiger charge is 2.33. The lowest BCUT2D eigenvalue weighted by Crippen LogP contribution is -2.51. The summed E-state index contributed by atoms with van der Waals surface area (Å²) in [6, 6.07) is 16.3. The van der Waals surface area contributed by atoms with Crippen molar-refractivity contribution >= 4 is 50.7 Å². The average molecular weight is 595 g/mol. The second-order valence-electron chi connectivity index (χ2n) is 8.84. The van der Waals surface area contributed by atoms with Crippen molar-refractivity contribution in [3.63, 3.8) is 0 Å². The molecule has 7 nitrogen and oxygen atoms in total. The Balaban J connectivity index is 2.01. The monoisotopic (exact) mass is 593 g/mol. The number of unbranched alkanes of at least 4 members (excludes halogenated alkanes) is 1. The summed E-state index contributed by atoms with van der Waals surface area (Å²) in [6.45, 7) is 3.23. The van der Waals surface area contributed by atoms with Crippen LogP contribution in [0.5, 0.6) is 0 Å². The van der Waals surface area contributed by atoms with Crippen molar-refractivity contribution in [1.82, 2.24) is 10.2 Å². The molecule has 11 heteroatoms. The molecule has 2 amide bonds. The van der Waals surface area contributed by atoms with Crippen LogP contribution in [0.15, 0.2) is 77.7 Å². The molecule has 0 aromatic heterocycles. The Morgan fingerprint density at radius 1 is 0.949 bits per heavy atom. The van der Waals surface area contributed by atoms with Gasteiger partial charge in [0.05, 0.1) is 10.6 Å². The maximum Gasteiger partial charge on any atom is 0.264 e. The Kier molecular flexibility index (Phi) is 10.7. The van der Waals surface area contributed by atoms with Crippen LogP contribution in [0.25, 0.3) is 0 Å². The molecule has 0 fully saturated rings. The Hall–Kier alpha value is -3.14. The first-order chi connectivity index (χ1) is 18.6. The molecule has 1 N–H and O–H groups in total. The van der Waals surface area contributed by atoms with Crippen LogP contribution < -0.4 is 9.62 Å². The normalized spacial score (nSPS) is 12.0. The van der Waals surface area contributed by atoms with Gasteiger partial charge in [0.1, 0.15) is 18.4 Å². The Morgan fingerprint density at radius 3 is 2.15 bits per heavy atom. The zero-order valence-corrected chi connectivity index (χ0v) is 23.9. The van der Waals surface area contributed by atoms with Gasteiger partial charge in [0, 0.05) is 28.7 Å². The number of benzene rings is 3. The van der Waals surface area contributed by atoms with E-state index in [1.54, 1.807) is 55.5 Å². The zero-order chi connectivity index (χ0) is 28.6. The highest BCUT2D eigenvalue weighted by atomic mass is 35.5. The number of rotatable bonds is 12. The van der Waals surface area contributed by atoms with Crippen LogP contribution in [-0.2, 0) is 26.2 Å². The molecule has 0 aliphatic heterocycles. The van der Waals surface area contributed by atoms with Gasteiger partial charge in [-0.05, 0) is 61.9 Å². The number of para-hydroxylation sites is 1.